The average molecular weight is 358 g/mol. The van der Waals surface area contributed by atoms with Crippen molar-refractivity contribution < 1.29 is 27.8 Å². The second-order valence-electron chi connectivity index (χ2n) is 5.44. The van der Waals surface area contributed by atoms with Gasteiger partial charge in [-0.1, -0.05) is 6.07 Å². The Kier molecular flexibility index (Phi) is 4.92. The van der Waals surface area contributed by atoms with Crippen LogP contribution in [0.5, 0.6) is 11.5 Å². The Bertz CT molecular complexity index is 905. The largest absolute Gasteiger partial charge is 0.496 e. The number of hydrogen-bond donors (Lipinski definition) is 0. The third-order valence-corrected chi connectivity index (χ3v) is 3.70. The number of carbonyl (C=O) groups is 1. The molecule has 136 valence electrons. The lowest BCUT2D eigenvalue weighted by atomic mass is 10.2. The molecule has 0 aliphatic heterocycles. The molecule has 0 radical (unpaired) electrons. The zero-order valence-corrected chi connectivity index (χ0v) is 14.9. The first kappa shape index (κ1) is 17.5. The maximum Gasteiger partial charge on any atom is 0.346 e. The van der Waals surface area contributed by atoms with Crippen LogP contribution in [0.3, 0.4) is 0 Å². The third-order valence-electron chi connectivity index (χ3n) is 3.70. The Labute approximate surface area is 149 Å². The molecule has 3 aromatic rings. The van der Waals surface area contributed by atoms with Gasteiger partial charge in [0.15, 0.2) is 6.61 Å². The lowest BCUT2D eigenvalue weighted by Crippen LogP contribution is -2.09. The van der Waals surface area contributed by atoms with Crippen LogP contribution >= 0.6 is 0 Å². The summed E-state index contributed by atoms with van der Waals surface area (Å²) in [6, 6.07) is 6.81. The van der Waals surface area contributed by atoms with Crippen LogP contribution < -0.4 is 9.47 Å². The molecule has 0 amide bonds. The van der Waals surface area contributed by atoms with Crippen molar-refractivity contribution >= 4 is 5.97 Å². The zero-order chi connectivity index (χ0) is 18.7. The van der Waals surface area contributed by atoms with E-state index < -0.39 is 5.97 Å². The Morgan fingerprint density at radius 2 is 1.77 bits per heavy atom. The summed E-state index contributed by atoms with van der Waals surface area (Å²) in [5, 5.41) is 7.86. The van der Waals surface area contributed by atoms with Gasteiger partial charge >= 0.3 is 5.97 Å². The highest BCUT2D eigenvalue weighted by Gasteiger charge is 2.21. The maximum absolute atomic E-state index is 12.4. The summed E-state index contributed by atoms with van der Waals surface area (Å²) in [5.74, 6) is 1.98. The van der Waals surface area contributed by atoms with Gasteiger partial charge in [0.1, 0.15) is 28.6 Å². The van der Waals surface area contributed by atoms with Crippen LogP contribution in [-0.2, 0) is 11.3 Å². The number of methoxy groups -OCH3 is 2. The summed E-state index contributed by atoms with van der Waals surface area (Å²) in [7, 11) is 2.93. The van der Waals surface area contributed by atoms with E-state index in [1.165, 1.54) is 14.2 Å². The van der Waals surface area contributed by atoms with Gasteiger partial charge in [0.2, 0.25) is 0 Å². The number of aromatic nitrogens is 2. The molecule has 3 rings (SSSR count). The molecule has 2 aromatic heterocycles. The fraction of sp³-hybridized carbons (Fsp3) is 0.278. The van der Waals surface area contributed by atoms with Crippen molar-refractivity contribution in [2.75, 3.05) is 14.2 Å². The summed E-state index contributed by atoms with van der Waals surface area (Å²) in [6.45, 7) is 3.46. The van der Waals surface area contributed by atoms with Gasteiger partial charge in [0.05, 0.1) is 19.8 Å². The van der Waals surface area contributed by atoms with Crippen molar-refractivity contribution in [1.82, 2.24) is 10.2 Å². The van der Waals surface area contributed by atoms with Gasteiger partial charge in [0.25, 0.3) is 11.8 Å². The molecule has 0 saturated carbocycles. The summed E-state index contributed by atoms with van der Waals surface area (Å²) >= 11 is 0. The third kappa shape index (κ3) is 3.39. The molecule has 1 aromatic carbocycles. The van der Waals surface area contributed by atoms with Gasteiger partial charge in [0, 0.05) is 0 Å². The van der Waals surface area contributed by atoms with Crippen LogP contribution in [0.25, 0.3) is 11.5 Å². The van der Waals surface area contributed by atoms with Crippen LogP contribution in [0.4, 0.5) is 0 Å². The first-order valence-electron chi connectivity index (χ1n) is 7.81. The van der Waals surface area contributed by atoms with E-state index in [1.54, 1.807) is 31.2 Å². The molecule has 0 spiro atoms. The quantitative estimate of drug-likeness (QED) is 0.619. The Balaban J connectivity index is 1.74. The van der Waals surface area contributed by atoms with Gasteiger partial charge in [-0.3, -0.25) is 0 Å². The second-order valence-corrected chi connectivity index (χ2v) is 5.44. The fourth-order valence-electron chi connectivity index (χ4n) is 2.52. The SMILES string of the molecule is COc1cccc(OC)c1C(=O)OCc1nnc(-c2cc(C)oc2C)o1. The van der Waals surface area contributed by atoms with Crippen molar-refractivity contribution in [2.24, 2.45) is 0 Å². The molecular formula is C18H18N2O6. The van der Waals surface area contributed by atoms with Crippen LogP contribution in [-0.4, -0.2) is 30.4 Å². The fourth-order valence-corrected chi connectivity index (χ4v) is 2.52. The first-order valence-corrected chi connectivity index (χ1v) is 7.81. The minimum atomic E-state index is -0.616. The summed E-state index contributed by atoms with van der Waals surface area (Å²) in [6.07, 6.45) is 0. The van der Waals surface area contributed by atoms with E-state index in [9.17, 15) is 4.79 Å². The summed E-state index contributed by atoms with van der Waals surface area (Å²) < 4.78 is 26.6. The van der Waals surface area contributed by atoms with Gasteiger partial charge < -0.3 is 23.0 Å². The second kappa shape index (κ2) is 7.30. The lowest BCUT2D eigenvalue weighted by Gasteiger charge is -2.11. The van der Waals surface area contributed by atoms with Crippen LogP contribution in [0.15, 0.2) is 33.1 Å². The molecular weight excluding hydrogens is 340 g/mol. The predicted octanol–water partition coefficient (Wildman–Crippen LogP) is 3.32. The Morgan fingerprint density at radius 3 is 2.35 bits per heavy atom. The minimum Gasteiger partial charge on any atom is -0.496 e. The van der Waals surface area contributed by atoms with Crippen molar-refractivity contribution in [1.29, 1.82) is 0 Å². The molecule has 0 aliphatic carbocycles. The number of aryl methyl sites for hydroxylation is 2. The lowest BCUT2D eigenvalue weighted by molar-refractivity contribution is 0.0431. The molecule has 0 fully saturated rings. The van der Waals surface area contributed by atoms with E-state index in [1.807, 2.05) is 6.92 Å². The van der Waals surface area contributed by atoms with E-state index in [4.69, 9.17) is 23.0 Å². The summed E-state index contributed by atoms with van der Waals surface area (Å²) in [5.41, 5.74) is 0.900. The molecule has 0 N–H and O–H groups in total. The van der Waals surface area contributed by atoms with Crippen molar-refractivity contribution in [3.8, 4) is 23.0 Å². The van der Waals surface area contributed by atoms with E-state index in [-0.39, 0.29) is 18.1 Å². The normalized spacial score (nSPS) is 10.6. The molecule has 0 atom stereocenters. The molecule has 8 nitrogen and oxygen atoms in total. The number of furan rings is 1. The number of nitrogens with zero attached hydrogens (tertiary/aromatic N) is 2. The van der Waals surface area contributed by atoms with Crippen LogP contribution in [0, 0.1) is 13.8 Å². The van der Waals surface area contributed by atoms with E-state index >= 15 is 0 Å². The smallest absolute Gasteiger partial charge is 0.346 e. The predicted molar refractivity (Wildman–Crippen MR) is 90.1 cm³/mol. The first-order chi connectivity index (χ1) is 12.5. The van der Waals surface area contributed by atoms with Gasteiger partial charge in [-0.25, -0.2) is 4.79 Å². The number of benzene rings is 1. The number of rotatable bonds is 6. The molecule has 8 heteroatoms. The highest BCUT2D eigenvalue weighted by molar-refractivity contribution is 5.95. The van der Waals surface area contributed by atoms with Crippen molar-refractivity contribution in [2.45, 2.75) is 20.5 Å². The Hall–Kier alpha value is -3.29. The van der Waals surface area contributed by atoms with Crippen LogP contribution in [0.2, 0.25) is 0 Å². The molecule has 26 heavy (non-hydrogen) atoms. The molecule has 0 bridgehead atoms. The standard InChI is InChI=1S/C18H18N2O6/c1-10-8-12(11(2)25-10)17-20-19-15(26-17)9-24-18(21)16-13(22-3)6-5-7-14(16)23-4/h5-8H,9H2,1-4H3. The van der Waals surface area contributed by atoms with Gasteiger partial charge in [-0.15, -0.1) is 10.2 Å². The van der Waals surface area contributed by atoms with E-state index in [0.717, 1.165) is 5.76 Å². The number of carbonyl (C=O) groups excluding carboxylic acids is 1. The molecule has 2 heterocycles. The minimum absolute atomic E-state index is 0.167. The maximum atomic E-state index is 12.4. The number of esters is 1. The van der Waals surface area contributed by atoms with Gasteiger partial charge in [-0.2, -0.15) is 0 Å². The van der Waals surface area contributed by atoms with E-state index in [2.05, 4.69) is 10.2 Å². The topological polar surface area (TPSA) is 96.8 Å². The zero-order valence-electron chi connectivity index (χ0n) is 14.9. The molecule has 0 unspecified atom stereocenters. The Morgan fingerprint density at radius 1 is 1.08 bits per heavy atom. The highest BCUT2D eigenvalue weighted by Crippen LogP contribution is 2.29. The van der Waals surface area contributed by atoms with Crippen molar-refractivity contribution in [3.63, 3.8) is 0 Å². The highest BCUT2D eigenvalue weighted by atomic mass is 16.5. The number of ether oxygens (including phenoxy) is 3. The van der Waals surface area contributed by atoms with E-state index in [0.29, 0.717) is 28.7 Å². The monoisotopic (exact) mass is 358 g/mol. The number of hydrogen-bond acceptors (Lipinski definition) is 8. The summed E-state index contributed by atoms with van der Waals surface area (Å²) in [4.78, 5) is 12.4. The average Bonchev–Trinajstić information content (AvgIpc) is 3.24. The molecule has 0 aliphatic rings. The van der Waals surface area contributed by atoms with Crippen LogP contribution in [0.1, 0.15) is 27.8 Å². The van der Waals surface area contributed by atoms with Gasteiger partial charge in [-0.05, 0) is 32.0 Å². The van der Waals surface area contributed by atoms with Crippen molar-refractivity contribution in [3.05, 3.63) is 47.2 Å². The molecule has 0 saturated heterocycles.